The molecule has 0 saturated heterocycles. The van der Waals surface area contributed by atoms with E-state index in [2.05, 4.69) is 9.97 Å². The summed E-state index contributed by atoms with van der Waals surface area (Å²) in [4.78, 5) is 8.14. The fourth-order valence-corrected chi connectivity index (χ4v) is 3.78. The van der Waals surface area contributed by atoms with Crippen LogP contribution in [0.2, 0.25) is 5.02 Å². The van der Waals surface area contributed by atoms with Gasteiger partial charge in [0.1, 0.15) is 11.4 Å². The van der Waals surface area contributed by atoms with Gasteiger partial charge in [-0.25, -0.2) is 18.4 Å². The molecule has 1 N–H and O–H groups in total. The average molecular weight is 341 g/mol. The molecular weight excluding hydrogens is 328 g/mol. The van der Waals surface area contributed by atoms with Crippen LogP contribution in [0.4, 0.5) is 0 Å². The molecular formula is C13H13ClN4O3S. The van der Waals surface area contributed by atoms with Crippen molar-refractivity contribution < 1.29 is 13.5 Å². The molecule has 3 heterocycles. The van der Waals surface area contributed by atoms with Crippen LogP contribution in [-0.2, 0) is 29.2 Å². The number of aromatic nitrogens is 4. The highest BCUT2D eigenvalue weighted by Crippen LogP contribution is 2.18. The van der Waals surface area contributed by atoms with E-state index < -0.39 is 9.84 Å². The van der Waals surface area contributed by atoms with Gasteiger partial charge in [-0.1, -0.05) is 11.6 Å². The molecule has 0 saturated carbocycles. The highest BCUT2D eigenvalue weighted by Gasteiger charge is 2.23. The zero-order valence-corrected chi connectivity index (χ0v) is 13.2. The monoisotopic (exact) mass is 340 g/mol. The van der Waals surface area contributed by atoms with Crippen LogP contribution in [0.15, 0.2) is 35.9 Å². The summed E-state index contributed by atoms with van der Waals surface area (Å²) in [6.45, 7) is -0.272. The van der Waals surface area contributed by atoms with Crippen LogP contribution >= 0.6 is 11.6 Å². The zero-order chi connectivity index (χ0) is 15.9. The topological polar surface area (TPSA) is 89.5 Å². The molecule has 22 heavy (non-hydrogen) atoms. The van der Waals surface area contributed by atoms with Crippen LogP contribution in [0, 0.1) is 0 Å². The van der Waals surface area contributed by atoms with Crippen molar-refractivity contribution in [1.82, 2.24) is 18.9 Å². The number of fused-ring (bicyclic) bond motifs is 1. The first-order valence-corrected chi connectivity index (χ1v) is 8.41. The Balaban J connectivity index is 1.97. The molecule has 0 aliphatic rings. The number of rotatable bonds is 4. The molecule has 0 aromatic carbocycles. The van der Waals surface area contributed by atoms with Crippen LogP contribution in [0.5, 0.6) is 0 Å². The molecule has 0 atom stereocenters. The first-order valence-electron chi connectivity index (χ1n) is 6.38. The van der Waals surface area contributed by atoms with Crippen molar-refractivity contribution in [2.45, 2.75) is 17.5 Å². The van der Waals surface area contributed by atoms with E-state index in [4.69, 9.17) is 16.7 Å². The fourth-order valence-electron chi connectivity index (χ4n) is 2.21. The summed E-state index contributed by atoms with van der Waals surface area (Å²) >= 11 is 5.89. The second-order valence-electron chi connectivity index (χ2n) is 4.85. The van der Waals surface area contributed by atoms with E-state index in [0.29, 0.717) is 22.1 Å². The van der Waals surface area contributed by atoms with Crippen LogP contribution in [-0.4, -0.2) is 32.5 Å². The Kier molecular flexibility index (Phi) is 3.67. The summed E-state index contributed by atoms with van der Waals surface area (Å²) in [6, 6.07) is 3.40. The SMILES string of the molecule is Cn1c(CO)cnc1S(=O)(=O)Cc1cn2cc(Cl)ccc2n1. The maximum absolute atomic E-state index is 12.5. The lowest BCUT2D eigenvalue weighted by molar-refractivity contribution is 0.271. The molecule has 0 fully saturated rings. The third-order valence-corrected chi connectivity index (χ3v) is 5.12. The molecule has 0 bridgehead atoms. The Morgan fingerprint density at radius 3 is 2.77 bits per heavy atom. The Morgan fingerprint density at radius 2 is 2.09 bits per heavy atom. The van der Waals surface area contributed by atoms with E-state index in [9.17, 15) is 8.42 Å². The van der Waals surface area contributed by atoms with Crippen molar-refractivity contribution in [3.63, 3.8) is 0 Å². The molecule has 7 nitrogen and oxygen atoms in total. The van der Waals surface area contributed by atoms with Gasteiger partial charge in [0, 0.05) is 19.4 Å². The van der Waals surface area contributed by atoms with E-state index in [1.165, 1.54) is 10.8 Å². The number of aliphatic hydroxyl groups is 1. The van der Waals surface area contributed by atoms with E-state index >= 15 is 0 Å². The Hall–Kier alpha value is -1.90. The van der Waals surface area contributed by atoms with Crippen molar-refractivity contribution in [1.29, 1.82) is 0 Å². The highest BCUT2D eigenvalue weighted by atomic mass is 35.5. The van der Waals surface area contributed by atoms with Gasteiger partial charge in [0.25, 0.3) is 0 Å². The lowest BCUT2D eigenvalue weighted by Gasteiger charge is -2.04. The summed E-state index contributed by atoms with van der Waals surface area (Å²) in [5.74, 6) is -0.276. The molecule has 3 rings (SSSR count). The third kappa shape index (κ3) is 2.60. The first-order chi connectivity index (χ1) is 10.4. The number of aliphatic hydroxyl groups excluding tert-OH is 1. The number of pyridine rings is 1. The van der Waals surface area contributed by atoms with Crippen LogP contribution < -0.4 is 0 Å². The van der Waals surface area contributed by atoms with E-state index in [0.717, 1.165) is 0 Å². The summed E-state index contributed by atoms with van der Waals surface area (Å²) in [7, 11) is -2.11. The van der Waals surface area contributed by atoms with E-state index in [1.54, 1.807) is 36.0 Å². The van der Waals surface area contributed by atoms with Crippen molar-refractivity contribution in [2.24, 2.45) is 7.05 Å². The fraction of sp³-hybridized carbons (Fsp3) is 0.231. The van der Waals surface area contributed by atoms with Gasteiger partial charge in [0.15, 0.2) is 0 Å². The maximum Gasteiger partial charge on any atom is 0.228 e. The summed E-state index contributed by atoms with van der Waals surface area (Å²) in [5.41, 5.74) is 1.45. The lowest BCUT2D eigenvalue weighted by Crippen LogP contribution is -2.12. The molecule has 0 aliphatic carbocycles. The average Bonchev–Trinajstić information content (AvgIpc) is 3.00. The van der Waals surface area contributed by atoms with E-state index in [-0.39, 0.29) is 17.5 Å². The minimum atomic E-state index is -3.66. The van der Waals surface area contributed by atoms with Gasteiger partial charge in [-0.05, 0) is 12.1 Å². The molecule has 3 aromatic rings. The molecule has 0 aliphatic heterocycles. The number of hydrogen-bond acceptors (Lipinski definition) is 5. The Labute approximate surface area is 131 Å². The quantitative estimate of drug-likeness (QED) is 0.770. The second kappa shape index (κ2) is 5.38. The third-order valence-electron chi connectivity index (χ3n) is 3.28. The number of halogens is 1. The normalized spacial score (nSPS) is 12.1. The number of imidazole rings is 2. The highest BCUT2D eigenvalue weighted by molar-refractivity contribution is 7.90. The zero-order valence-electron chi connectivity index (χ0n) is 11.6. The molecule has 0 unspecified atom stereocenters. The van der Waals surface area contributed by atoms with Gasteiger partial charge in [-0.15, -0.1) is 0 Å². The molecule has 0 spiro atoms. The van der Waals surface area contributed by atoms with Crippen molar-refractivity contribution >= 4 is 27.1 Å². The largest absolute Gasteiger partial charge is 0.390 e. The van der Waals surface area contributed by atoms with Crippen LogP contribution in [0.25, 0.3) is 5.65 Å². The molecule has 3 aromatic heterocycles. The number of nitrogens with zero attached hydrogens (tertiary/aromatic N) is 4. The van der Waals surface area contributed by atoms with Crippen molar-refractivity contribution in [3.8, 4) is 0 Å². The Bertz CT molecular complexity index is 946. The first kappa shape index (κ1) is 15.0. The van der Waals surface area contributed by atoms with Crippen LogP contribution in [0.1, 0.15) is 11.4 Å². The van der Waals surface area contributed by atoms with Gasteiger partial charge >= 0.3 is 0 Å². The van der Waals surface area contributed by atoms with Gasteiger partial charge in [-0.2, -0.15) is 0 Å². The van der Waals surface area contributed by atoms with Gasteiger partial charge in [-0.3, -0.25) is 0 Å². The summed E-state index contributed by atoms with van der Waals surface area (Å²) in [6.07, 6.45) is 4.62. The van der Waals surface area contributed by atoms with Gasteiger partial charge in [0.2, 0.25) is 15.0 Å². The predicted molar refractivity (Wildman–Crippen MR) is 80.2 cm³/mol. The minimum absolute atomic E-state index is 0.0911. The van der Waals surface area contributed by atoms with E-state index in [1.807, 2.05) is 0 Å². The van der Waals surface area contributed by atoms with Crippen molar-refractivity contribution in [2.75, 3.05) is 0 Å². The smallest absolute Gasteiger partial charge is 0.228 e. The standard InChI is InChI=1S/C13H13ClN4O3S/c1-17-11(7-19)4-15-13(17)22(20,21)8-10-6-18-5-9(14)2-3-12(18)16-10/h2-6,19H,7-8H2,1H3. The number of sulfone groups is 1. The maximum atomic E-state index is 12.5. The molecule has 0 amide bonds. The summed E-state index contributed by atoms with van der Waals surface area (Å²) < 4.78 is 27.9. The number of hydrogen-bond donors (Lipinski definition) is 1. The van der Waals surface area contributed by atoms with Crippen molar-refractivity contribution in [3.05, 3.63) is 47.1 Å². The minimum Gasteiger partial charge on any atom is -0.390 e. The molecule has 9 heteroatoms. The predicted octanol–water partition coefficient (Wildman–Crippen LogP) is 1.19. The summed E-state index contributed by atoms with van der Waals surface area (Å²) in [5, 5.41) is 9.57. The van der Waals surface area contributed by atoms with Gasteiger partial charge in [0.05, 0.1) is 29.2 Å². The second-order valence-corrected chi connectivity index (χ2v) is 7.17. The molecule has 0 radical (unpaired) electrons. The Morgan fingerprint density at radius 1 is 1.32 bits per heavy atom. The lowest BCUT2D eigenvalue weighted by atomic mass is 10.5. The molecule has 116 valence electrons. The van der Waals surface area contributed by atoms with Crippen LogP contribution in [0.3, 0.4) is 0 Å². The van der Waals surface area contributed by atoms with Gasteiger partial charge < -0.3 is 14.1 Å².